The van der Waals surface area contributed by atoms with Crippen LogP contribution in [0.4, 0.5) is 11.4 Å². The van der Waals surface area contributed by atoms with Crippen molar-refractivity contribution >= 4 is 28.9 Å². The van der Waals surface area contributed by atoms with Crippen molar-refractivity contribution < 1.29 is 9.90 Å². The van der Waals surface area contributed by atoms with Gasteiger partial charge in [0.15, 0.2) is 0 Å². The lowest BCUT2D eigenvalue weighted by Crippen LogP contribution is -1.98. The van der Waals surface area contributed by atoms with E-state index in [0.717, 1.165) is 0 Å². The fraction of sp³-hybridized carbons (Fsp3) is 0. The number of nitrogens with one attached hydrogen (secondary N) is 1. The molecule has 0 aromatic heterocycles. The maximum atomic E-state index is 10.9. The van der Waals surface area contributed by atoms with Gasteiger partial charge in [0.05, 0.1) is 16.8 Å². The third-order valence-electron chi connectivity index (χ3n) is 2.49. The molecule has 0 bridgehead atoms. The van der Waals surface area contributed by atoms with Gasteiger partial charge in [0, 0.05) is 10.7 Å². The molecule has 0 heterocycles. The number of hydrogen-bond acceptors (Lipinski definition) is 3. The summed E-state index contributed by atoms with van der Waals surface area (Å²) in [4.78, 5) is 10.9. The van der Waals surface area contributed by atoms with Gasteiger partial charge >= 0.3 is 5.97 Å². The maximum Gasteiger partial charge on any atom is 0.335 e. The number of carbonyl (C=O) groups is 1. The van der Waals surface area contributed by atoms with Gasteiger partial charge in [-0.2, -0.15) is 5.26 Å². The number of anilines is 2. The van der Waals surface area contributed by atoms with Gasteiger partial charge in [0.25, 0.3) is 0 Å². The Bertz CT molecular complexity index is 677. The van der Waals surface area contributed by atoms with E-state index in [-0.39, 0.29) is 5.56 Å². The number of aromatic carboxylic acids is 1. The summed E-state index contributed by atoms with van der Waals surface area (Å²) in [5.74, 6) is -1.00. The molecule has 0 unspecified atom stereocenters. The quantitative estimate of drug-likeness (QED) is 0.894. The van der Waals surface area contributed by atoms with E-state index in [9.17, 15) is 4.79 Å². The molecule has 2 N–H and O–H groups in total. The summed E-state index contributed by atoms with van der Waals surface area (Å²) in [5.41, 5.74) is 1.73. The monoisotopic (exact) mass is 272 g/mol. The summed E-state index contributed by atoms with van der Waals surface area (Å²) in [6, 6.07) is 13.2. The lowest BCUT2D eigenvalue weighted by Gasteiger charge is -2.09. The highest BCUT2D eigenvalue weighted by molar-refractivity contribution is 6.30. The highest BCUT2D eigenvalue weighted by atomic mass is 35.5. The summed E-state index contributed by atoms with van der Waals surface area (Å²) >= 11 is 5.88. The van der Waals surface area contributed by atoms with Crippen LogP contribution < -0.4 is 5.32 Å². The van der Waals surface area contributed by atoms with Gasteiger partial charge in [-0.25, -0.2) is 4.79 Å². The molecule has 0 saturated carbocycles. The van der Waals surface area contributed by atoms with Crippen LogP contribution in [0, 0.1) is 11.3 Å². The summed E-state index contributed by atoms with van der Waals surface area (Å²) in [6.07, 6.45) is 0. The van der Waals surface area contributed by atoms with Crippen LogP contribution in [-0.4, -0.2) is 11.1 Å². The van der Waals surface area contributed by atoms with Gasteiger partial charge < -0.3 is 10.4 Å². The number of nitrogens with zero attached hydrogens (tertiary/aromatic N) is 1. The normalized spacial score (nSPS) is 9.68. The van der Waals surface area contributed by atoms with Crippen molar-refractivity contribution in [3.05, 3.63) is 58.6 Å². The third-order valence-corrected chi connectivity index (χ3v) is 2.73. The number of halogens is 1. The lowest BCUT2D eigenvalue weighted by atomic mass is 10.1. The van der Waals surface area contributed by atoms with Crippen molar-refractivity contribution in [2.75, 3.05) is 5.32 Å². The molecule has 0 fully saturated rings. The van der Waals surface area contributed by atoms with Crippen molar-refractivity contribution in [3.8, 4) is 6.07 Å². The van der Waals surface area contributed by atoms with E-state index < -0.39 is 5.97 Å². The Morgan fingerprint density at radius 3 is 2.74 bits per heavy atom. The van der Waals surface area contributed by atoms with Crippen LogP contribution in [0.2, 0.25) is 5.02 Å². The molecule has 0 amide bonds. The average molecular weight is 273 g/mol. The zero-order valence-electron chi connectivity index (χ0n) is 9.72. The van der Waals surface area contributed by atoms with Crippen LogP contribution in [-0.2, 0) is 0 Å². The largest absolute Gasteiger partial charge is 0.478 e. The van der Waals surface area contributed by atoms with Crippen molar-refractivity contribution in [2.24, 2.45) is 0 Å². The lowest BCUT2D eigenvalue weighted by molar-refractivity contribution is 0.0697. The van der Waals surface area contributed by atoms with E-state index >= 15 is 0 Å². The van der Waals surface area contributed by atoms with Crippen LogP contribution >= 0.6 is 11.6 Å². The molecule has 0 radical (unpaired) electrons. The van der Waals surface area contributed by atoms with E-state index in [1.807, 2.05) is 6.07 Å². The second-order valence-corrected chi connectivity index (χ2v) is 4.25. The molecule has 2 rings (SSSR count). The highest BCUT2D eigenvalue weighted by Crippen LogP contribution is 2.24. The first-order valence-corrected chi connectivity index (χ1v) is 5.78. The first-order valence-electron chi connectivity index (χ1n) is 5.40. The third kappa shape index (κ3) is 3.03. The molecule has 0 spiro atoms. The highest BCUT2D eigenvalue weighted by Gasteiger charge is 2.06. The van der Waals surface area contributed by atoms with E-state index in [4.69, 9.17) is 22.0 Å². The number of nitriles is 1. The Labute approximate surface area is 114 Å². The molecule has 19 heavy (non-hydrogen) atoms. The van der Waals surface area contributed by atoms with Crippen LogP contribution in [0.5, 0.6) is 0 Å². The maximum absolute atomic E-state index is 10.9. The summed E-state index contributed by atoms with van der Waals surface area (Å²) in [7, 11) is 0. The Hall–Kier alpha value is -2.51. The van der Waals surface area contributed by atoms with Crippen molar-refractivity contribution in [3.63, 3.8) is 0 Å². The molecule has 0 saturated heterocycles. The van der Waals surface area contributed by atoms with Crippen molar-refractivity contribution in [1.29, 1.82) is 5.26 Å². The van der Waals surface area contributed by atoms with E-state index in [1.165, 1.54) is 12.1 Å². The number of carboxylic acids is 1. The second kappa shape index (κ2) is 5.42. The average Bonchev–Trinajstić information content (AvgIpc) is 2.39. The molecule has 0 aliphatic carbocycles. The second-order valence-electron chi connectivity index (χ2n) is 3.81. The van der Waals surface area contributed by atoms with Gasteiger partial charge in [-0.15, -0.1) is 0 Å². The minimum atomic E-state index is -1.00. The van der Waals surface area contributed by atoms with E-state index in [1.54, 1.807) is 30.3 Å². The van der Waals surface area contributed by atoms with E-state index in [0.29, 0.717) is 22.0 Å². The first-order chi connectivity index (χ1) is 9.10. The Morgan fingerprint density at radius 1 is 1.26 bits per heavy atom. The minimum absolute atomic E-state index is 0.172. The smallest absolute Gasteiger partial charge is 0.335 e. The van der Waals surface area contributed by atoms with Crippen LogP contribution in [0.25, 0.3) is 0 Å². The van der Waals surface area contributed by atoms with Crippen LogP contribution in [0.3, 0.4) is 0 Å². The van der Waals surface area contributed by atoms with Gasteiger partial charge in [0.2, 0.25) is 0 Å². The molecular formula is C14H9ClN2O2. The van der Waals surface area contributed by atoms with Crippen LogP contribution in [0.15, 0.2) is 42.5 Å². The summed E-state index contributed by atoms with van der Waals surface area (Å²) in [5, 5.41) is 21.4. The molecule has 0 atom stereocenters. The van der Waals surface area contributed by atoms with Crippen molar-refractivity contribution in [1.82, 2.24) is 0 Å². The molecule has 4 nitrogen and oxygen atoms in total. The standard InChI is InChI=1S/C14H9ClN2O2/c15-11-5-4-10(8-16)13(7-11)17-12-3-1-2-9(6-12)14(18)19/h1-7,17H,(H,18,19). The van der Waals surface area contributed by atoms with E-state index in [2.05, 4.69) is 5.32 Å². The molecular weight excluding hydrogens is 264 g/mol. The first kappa shape index (κ1) is 12.9. The van der Waals surface area contributed by atoms with Gasteiger partial charge in [-0.05, 0) is 36.4 Å². The molecule has 0 aliphatic rings. The van der Waals surface area contributed by atoms with Crippen molar-refractivity contribution in [2.45, 2.75) is 0 Å². The number of carboxylic acid groups (broad SMARTS) is 1. The fourth-order valence-electron chi connectivity index (χ4n) is 1.60. The fourth-order valence-corrected chi connectivity index (χ4v) is 1.77. The zero-order chi connectivity index (χ0) is 13.8. The Morgan fingerprint density at radius 2 is 2.05 bits per heavy atom. The van der Waals surface area contributed by atoms with Gasteiger partial charge in [0.1, 0.15) is 6.07 Å². The molecule has 2 aromatic rings. The number of rotatable bonds is 3. The SMILES string of the molecule is N#Cc1ccc(Cl)cc1Nc1cccc(C(=O)O)c1. The molecule has 94 valence electrons. The molecule has 2 aromatic carbocycles. The number of hydrogen-bond donors (Lipinski definition) is 2. The Balaban J connectivity index is 2.36. The van der Waals surface area contributed by atoms with Gasteiger partial charge in [-0.1, -0.05) is 17.7 Å². The summed E-state index contributed by atoms with van der Waals surface area (Å²) < 4.78 is 0. The molecule has 0 aliphatic heterocycles. The zero-order valence-corrected chi connectivity index (χ0v) is 10.5. The summed E-state index contributed by atoms with van der Waals surface area (Å²) in [6.45, 7) is 0. The van der Waals surface area contributed by atoms with Crippen LogP contribution in [0.1, 0.15) is 15.9 Å². The predicted molar refractivity (Wildman–Crippen MR) is 72.9 cm³/mol. The minimum Gasteiger partial charge on any atom is -0.478 e. The predicted octanol–water partition coefficient (Wildman–Crippen LogP) is 3.65. The molecule has 5 heteroatoms. The topological polar surface area (TPSA) is 73.1 Å². The Kier molecular flexibility index (Phi) is 3.69. The number of benzene rings is 2. The van der Waals surface area contributed by atoms with Gasteiger partial charge in [-0.3, -0.25) is 0 Å².